The van der Waals surface area contributed by atoms with Crippen LogP contribution in [0.2, 0.25) is 0 Å². The minimum Gasteiger partial charge on any atom is -0.411 e. The van der Waals surface area contributed by atoms with Crippen molar-refractivity contribution in [1.82, 2.24) is 10.2 Å². The fourth-order valence-electron chi connectivity index (χ4n) is 2.50. The zero-order valence-electron chi connectivity index (χ0n) is 14.4. The molecule has 0 aliphatic heterocycles. The van der Waals surface area contributed by atoms with Gasteiger partial charge in [-0.3, -0.25) is 4.79 Å². The lowest BCUT2D eigenvalue weighted by Crippen LogP contribution is -2.15. The Bertz CT molecular complexity index is 885. The highest BCUT2D eigenvalue weighted by Crippen LogP contribution is 2.26. The minimum atomic E-state index is -0.0990. The van der Waals surface area contributed by atoms with E-state index in [9.17, 15) is 4.79 Å². The Labute approximate surface area is 150 Å². The van der Waals surface area contributed by atoms with Crippen LogP contribution in [0.15, 0.2) is 52.1 Å². The van der Waals surface area contributed by atoms with E-state index in [1.807, 2.05) is 63.2 Å². The van der Waals surface area contributed by atoms with Crippen LogP contribution in [0.5, 0.6) is 0 Å². The summed E-state index contributed by atoms with van der Waals surface area (Å²) in [6.45, 7) is 5.94. The third-order valence-electron chi connectivity index (χ3n) is 3.85. The molecule has 3 rings (SSSR count). The van der Waals surface area contributed by atoms with E-state index in [4.69, 9.17) is 4.42 Å². The fraction of sp³-hybridized carbons (Fsp3) is 0.211. The van der Waals surface area contributed by atoms with Gasteiger partial charge in [0.1, 0.15) is 0 Å². The third-order valence-corrected chi connectivity index (χ3v) is 4.67. The van der Waals surface area contributed by atoms with Gasteiger partial charge in [-0.25, -0.2) is 0 Å². The van der Waals surface area contributed by atoms with Crippen LogP contribution in [0.4, 0.5) is 5.69 Å². The molecule has 0 bridgehead atoms. The van der Waals surface area contributed by atoms with Crippen LogP contribution >= 0.6 is 11.8 Å². The molecule has 0 fully saturated rings. The number of hydrogen-bond acceptors (Lipinski definition) is 5. The van der Waals surface area contributed by atoms with Crippen LogP contribution < -0.4 is 5.32 Å². The Balaban J connectivity index is 1.63. The first-order valence-corrected chi connectivity index (χ1v) is 8.91. The molecule has 0 radical (unpaired) electrons. The lowest BCUT2D eigenvalue weighted by molar-refractivity contribution is -0.113. The molecule has 0 saturated heterocycles. The second-order valence-corrected chi connectivity index (χ2v) is 6.72. The summed E-state index contributed by atoms with van der Waals surface area (Å²) in [5.41, 5.74) is 4.91. The summed E-state index contributed by atoms with van der Waals surface area (Å²) in [5.74, 6) is 0.581. The average Bonchev–Trinajstić information content (AvgIpc) is 3.06. The largest absolute Gasteiger partial charge is 0.411 e. The van der Waals surface area contributed by atoms with E-state index < -0.39 is 0 Å². The number of rotatable bonds is 5. The lowest BCUT2D eigenvalue weighted by Gasteiger charge is -2.10. The highest BCUT2D eigenvalue weighted by atomic mass is 32.2. The van der Waals surface area contributed by atoms with Gasteiger partial charge in [0.25, 0.3) is 5.22 Å². The summed E-state index contributed by atoms with van der Waals surface area (Å²) in [6, 6.07) is 13.7. The van der Waals surface area contributed by atoms with E-state index in [2.05, 4.69) is 15.5 Å². The molecule has 0 atom stereocenters. The monoisotopic (exact) mass is 353 g/mol. The number of aromatic nitrogens is 2. The summed E-state index contributed by atoms with van der Waals surface area (Å²) < 4.78 is 5.66. The highest BCUT2D eigenvalue weighted by molar-refractivity contribution is 7.99. The Morgan fingerprint density at radius 3 is 2.40 bits per heavy atom. The molecule has 6 heteroatoms. The summed E-state index contributed by atoms with van der Waals surface area (Å²) >= 11 is 1.23. The summed E-state index contributed by atoms with van der Waals surface area (Å²) in [5, 5.41) is 11.4. The van der Waals surface area contributed by atoms with E-state index >= 15 is 0 Å². The van der Waals surface area contributed by atoms with Crippen molar-refractivity contribution in [3.63, 3.8) is 0 Å². The average molecular weight is 353 g/mol. The first kappa shape index (κ1) is 17.2. The number of anilines is 1. The van der Waals surface area contributed by atoms with Crippen LogP contribution in [-0.2, 0) is 4.79 Å². The molecule has 0 aliphatic rings. The van der Waals surface area contributed by atoms with Gasteiger partial charge in [0.05, 0.1) is 5.75 Å². The van der Waals surface area contributed by atoms with Crippen molar-refractivity contribution in [2.75, 3.05) is 11.1 Å². The molecule has 1 N–H and O–H groups in total. The molecule has 0 spiro atoms. The molecule has 1 amide bonds. The lowest BCUT2D eigenvalue weighted by atomic mass is 10.1. The standard InChI is InChI=1S/C19H19N3O2S/c1-12-7-4-5-10-15(12)18-21-22-19(24-18)25-11-16(23)20-17-13(2)8-6-9-14(17)3/h4-10H,11H2,1-3H3,(H,20,23). The predicted molar refractivity (Wildman–Crippen MR) is 99.7 cm³/mol. The molecule has 1 heterocycles. The Morgan fingerprint density at radius 1 is 1.00 bits per heavy atom. The second-order valence-electron chi connectivity index (χ2n) is 5.79. The van der Waals surface area contributed by atoms with E-state index in [1.165, 1.54) is 11.8 Å². The molecule has 0 unspecified atom stereocenters. The van der Waals surface area contributed by atoms with Crippen molar-refractivity contribution in [3.05, 3.63) is 59.2 Å². The smallest absolute Gasteiger partial charge is 0.277 e. The number of nitrogens with one attached hydrogen (secondary N) is 1. The van der Waals surface area contributed by atoms with Crippen molar-refractivity contribution >= 4 is 23.4 Å². The maximum atomic E-state index is 12.2. The first-order chi connectivity index (χ1) is 12.0. The summed E-state index contributed by atoms with van der Waals surface area (Å²) in [6.07, 6.45) is 0. The number of para-hydroxylation sites is 1. The normalized spacial score (nSPS) is 10.7. The topological polar surface area (TPSA) is 68.0 Å². The van der Waals surface area contributed by atoms with Gasteiger partial charge in [0, 0.05) is 11.3 Å². The molecular formula is C19H19N3O2S. The first-order valence-electron chi connectivity index (χ1n) is 7.93. The highest BCUT2D eigenvalue weighted by Gasteiger charge is 2.13. The zero-order valence-corrected chi connectivity index (χ0v) is 15.2. The molecular weight excluding hydrogens is 334 g/mol. The molecule has 2 aromatic carbocycles. The van der Waals surface area contributed by atoms with Crippen LogP contribution in [0.3, 0.4) is 0 Å². The number of thioether (sulfide) groups is 1. The van der Waals surface area contributed by atoms with Gasteiger partial charge in [-0.15, -0.1) is 10.2 Å². The van der Waals surface area contributed by atoms with Gasteiger partial charge in [0.2, 0.25) is 11.8 Å². The third kappa shape index (κ3) is 4.09. The van der Waals surface area contributed by atoms with Crippen molar-refractivity contribution in [2.24, 2.45) is 0 Å². The van der Waals surface area contributed by atoms with E-state index in [0.717, 1.165) is 27.9 Å². The van der Waals surface area contributed by atoms with Gasteiger partial charge >= 0.3 is 0 Å². The minimum absolute atomic E-state index is 0.0990. The van der Waals surface area contributed by atoms with Gasteiger partial charge in [-0.05, 0) is 43.5 Å². The van der Waals surface area contributed by atoms with Crippen LogP contribution in [0, 0.1) is 20.8 Å². The molecule has 1 aromatic heterocycles. The molecule has 0 aliphatic carbocycles. The Kier molecular flexibility index (Phi) is 5.19. The summed E-state index contributed by atoms with van der Waals surface area (Å²) in [7, 11) is 0. The molecule has 128 valence electrons. The van der Waals surface area contributed by atoms with Crippen LogP contribution in [-0.4, -0.2) is 21.9 Å². The predicted octanol–water partition coefficient (Wildman–Crippen LogP) is 4.39. The van der Waals surface area contributed by atoms with Crippen molar-refractivity contribution < 1.29 is 9.21 Å². The van der Waals surface area contributed by atoms with Gasteiger partial charge in [-0.1, -0.05) is 48.2 Å². The van der Waals surface area contributed by atoms with Gasteiger partial charge in [0.15, 0.2) is 0 Å². The Morgan fingerprint density at radius 2 is 1.68 bits per heavy atom. The number of aryl methyl sites for hydroxylation is 3. The number of carbonyl (C=O) groups excluding carboxylic acids is 1. The van der Waals surface area contributed by atoms with E-state index in [1.54, 1.807) is 0 Å². The van der Waals surface area contributed by atoms with Crippen molar-refractivity contribution in [1.29, 1.82) is 0 Å². The van der Waals surface area contributed by atoms with Crippen LogP contribution in [0.25, 0.3) is 11.5 Å². The summed E-state index contributed by atoms with van der Waals surface area (Å²) in [4.78, 5) is 12.2. The van der Waals surface area contributed by atoms with Gasteiger partial charge < -0.3 is 9.73 Å². The molecule has 3 aromatic rings. The van der Waals surface area contributed by atoms with E-state index in [-0.39, 0.29) is 11.7 Å². The number of benzene rings is 2. The molecule has 25 heavy (non-hydrogen) atoms. The number of carbonyl (C=O) groups is 1. The quantitative estimate of drug-likeness (QED) is 0.689. The SMILES string of the molecule is Cc1ccccc1-c1nnc(SCC(=O)Nc2c(C)cccc2C)o1. The van der Waals surface area contributed by atoms with Crippen molar-refractivity contribution in [3.8, 4) is 11.5 Å². The second kappa shape index (κ2) is 7.53. The number of hydrogen-bond donors (Lipinski definition) is 1. The number of amides is 1. The zero-order chi connectivity index (χ0) is 17.8. The Hall–Kier alpha value is -2.60. The number of nitrogens with zero attached hydrogens (tertiary/aromatic N) is 2. The molecule has 5 nitrogen and oxygen atoms in total. The maximum absolute atomic E-state index is 12.2. The fourth-order valence-corrected chi connectivity index (χ4v) is 3.07. The van der Waals surface area contributed by atoms with E-state index in [0.29, 0.717) is 11.1 Å². The maximum Gasteiger partial charge on any atom is 0.277 e. The van der Waals surface area contributed by atoms with Crippen molar-refractivity contribution in [2.45, 2.75) is 26.0 Å². The van der Waals surface area contributed by atoms with Gasteiger partial charge in [-0.2, -0.15) is 0 Å². The van der Waals surface area contributed by atoms with Crippen LogP contribution in [0.1, 0.15) is 16.7 Å². The molecule has 0 saturated carbocycles.